The number of hydrogen-bond acceptors (Lipinski definition) is 1. The second kappa shape index (κ2) is 10.9. The molecule has 39 heavy (non-hydrogen) atoms. The summed E-state index contributed by atoms with van der Waals surface area (Å²) in [6, 6.07) is 44.9. The maximum Gasteiger partial charge on any atom is 0.213 e. The zero-order valence-corrected chi connectivity index (χ0v) is 22.4. The Bertz CT molecular complexity index is 1720. The molecule has 0 bridgehead atoms. The van der Waals surface area contributed by atoms with E-state index in [1.54, 1.807) is 0 Å². The van der Waals surface area contributed by atoms with E-state index in [2.05, 4.69) is 151 Å². The van der Waals surface area contributed by atoms with E-state index in [0.29, 0.717) is 0 Å². The summed E-state index contributed by atoms with van der Waals surface area (Å²) >= 11 is 0. The van der Waals surface area contributed by atoms with E-state index in [0.717, 1.165) is 17.8 Å². The fraction of sp³-hybridized carbons (Fsp3) is 0.0811. The normalized spacial score (nSPS) is 11.2. The third-order valence-corrected chi connectivity index (χ3v) is 7.18. The third-order valence-electron chi connectivity index (χ3n) is 7.18. The Kier molecular flexibility index (Phi) is 6.84. The van der Waals surface area contributed by atoms with E-state index in [4.69, 9.17) is 0 Å². The predicted molar refractivity (Wildman–Crippen MR) is 161 cm³/mol. The van der Waals surface area contributed by atoms with Crippen LogP contribution < -0.4 is 4.57 Å². The van der Waals surface area contributed by atoms with Crippen LogP contribution in [-0.2, 0) is 6.54 Å². The summed E-state index contributed by atoms with van der Waals surface area (Å²) in [5, 5.41) is 0. The van der Waals surface area contributed by atoms with Crippen molar-refractivity contribution >= 4 is 0 Å². The average molecular weight is 504 g/mol. The molecule has 0 saturated carbocycles. The first-order valence-electron chi connectivity index (χ1n) is 13.4. The summed E-state index contributed by atoms with van der Waals surface area (Å²) in [5.41, 5.74) is 13.8. The van der Waals surface area contributed by atoms with Crippen molar-refractivity contribution in [3.63, 3.8) is 0 Å². The quantitative estimate of drug-likeness (QED) is 0.220. The van der Waals surface area contributed by atoms with Crippen molar-refractivity contribution in [3.8, 4) is 44.8 Å². The highest BCUT2D eigenvalue weighted by Crippen LogP contribution is 2.31. The molecule has 0 saturated heterocycles. The fourth-order valence-electron chi connectivity index (χ4n) is 5.11. The van der Waals surface area contributed by atoms with Gasteiger partial charge in [0.2, 0.25) is 5.69 Å². The molecule has 0 aliphatic carbocycles. The number of fused-ring (bicyclic) bond motifs is 3. The van der Waals surface area contributed by atoms with Crippen LogP contribution >= 0.6 is 0 Å². The minimum atomic E-state index is 0.988. The lowest BCUT2D eigenvalue weighted by molar-refractivity contribution is -0.672. The average Bonchev–Trinajstić information content (AvgIpc) is 3.35. The second-order valence-corrected chi connectivity index (χ2v) is 10.1. The molecule has 0 radical (unpaired) electrons. The third kappa shape index (κ3) is 5.42. The smallest absolute Gasteiger partial charge is 0.213 e. The molecule has 6 aromatic rings. The van der Waals surface area contributed by atoms with Crippen LogP contribution in [0.25, 0.3) is 44.8 Å². The lowest BCUT2D eigenvalue weighted by Gasteiger charge is -2.05. The van der Waals surface area contributed by atoms with Gasteiger partial charge in [-0.1, -0.05) is 97.1 Å². The molecule has 188 valence electrons. The Balaban J connectivity index is 0.000000142. The van der Waals surface area contributed by atoms with E-state index >= 15 is 0 Å². The molecule has 0 N–H and O–H groups in total. The molecule has 0 spiro atoms. The highest BCUT2D eigenvalue weighted by atomic mass is 15.0. The lowest BCUT2D eigenvalue weighted by Crippen LogP contribution is -2.32. The number of benzene rings is 4. The van der Waals surface area contributed by atoms with Gasteiger partial charge >= 0.3 is 0 Å². The van der Waals surface area contributed by atoms with Crippen molar-refractivity contribution < 1.29 is 4.57 Å². The molecule has 0 atom stereocenters. The summed E-state index contributed by atoms with van der Waals surface area (Å²) in [4.78, 5) is 4.48. The second-order valence-electron chi connectivity index (χ2n) is 10.1. The zero-order chi connectivity index (χ0) is 26.6. The van der Waals surface area contributed by atoms with Crippen LogP contribution in [-0.4, -0.2) is 4.98 Å². The van der Waals surface area contributed by atoms with Crippen LogP contribution in [0, 0.1) is 13.8 Å². The monoisotopic (exact) mass is 503 g/mol. The van der Waals surface area contributed by atoms with E-state index in [1.165, 1.54) is 50.2 Å². The maximum absolute atomic E-state index is 4.48. The maximum atomic E-state index is 4.48. The minimum absolute atomic E-state index is 0.988. The molecular formula is C37H31N2+. The molecule has 0 unspecified atom stereocenters. The van der Waals surface area contributed by atoms with Gasteiger partial charge in [-0.25, -0.2) is 0 Å². The molecule has 4 aromatic carbocycles. The van der Waals surface area contributed by atoms with Gasteiger partial charge in [0, 0.05) is 29.0 Å². The van der Waals surface area contributed by atoms with Gasteiger partial charge in [0.05, 0.1) is 11.3 Å². The van der Waals surface area contributed by atoms with Crippen LogP contribution in [0.2, 0.25) is 0 Å². The van der Waals surface area contributed by atoms with Crippen molar-refractivity contribution in [1.29, 1.82) is 0 Å². The van der Waals surface area contributed by atoms with Gasteiger partial charge in [-0.2, -0.15) is 4.57 Å². The summed E-state index contributed by atoms with van der Waals surface area (Å²) in [6.07, 6.45) is 4.14. The van der Waals surface area contributed by atoms with Crippen LogP contribution in [0.5, 0.6) is 0 Å². The van der Waals surface area contributed by atoms with E-state index < -0.39 is 0 Å². The van der Waals surface area contributed by atoms with E-state index in [-0.39, 0.29) is 0 Å². The van der Waals surface area contributed by atoms with Crippen molar-refractivity contribution in [2.75, 3.05) is 0 Å². The Morgan fingerprint density at radius 3 is 1.87 bits per heavy atom. The number of nitrogens with zero attached hydrogens (tertiary/aromatic N) is 2. The number of aromatic nitrogens is 2. The van der Waals surface area contributed by atoms with Gasteiger partial charge in [0.15, 0.2) is 12.7 Å². The highest BCUT2D eigenvalue weighted by molar-refractivity contribution is 5.74. The highest BCUT2D eigenvalue weighted by Gasteiger charge is 2.25. The molecule has 1 aliphatic heterocycles. The minimum Gasteiger partial charge on any atom is -0.256 e. The molecule has 0 amide bonds. The number of aryl methyl sites for hydroxylation is 2. The van der Waals surface area contributed by atoms with Gasteiger partial charge < -0.3 is 0 Å². The standard InChI is InChI=1S/C19H16N.C18H15N/c1-14-7-10-19-18-11-16(15-5-3-2-4-6-15)8-9-17(18)13-20(19)12-14;1-14-10-11-18(19-13-14)17-9-5-8-16(12-17)15-6-3-2-4-7-15/h2-12H,13H2,1H3;2-13H,1H3/q+1;. The van der Waals surface area contributed by atoms with Crippen LogP contribution in [0.4, 0.5) is 0 Å². The predicted octanol–water partition coefficient (Wildman–Crippen LogP) is 8.70. The summed E-state index contributed by atoms with van der Waals surface area (Å²) in [7, 11) is 0. The van der Waals surface area contributed by atoms with E-state index in [9.17, 15) is 0 Å². The molecule has 1 aliphatic rings. The molecule has 2 aromatic heterocycles. The van der Waals surface area contributed by atoms with Crippen molar-refractivity contribution in [1.82, 2.24) is 4.98 Å². The Hall–Kier alpha value is -4.82. The lowest BCUT2D eigenvalue weighted by atomic mass is 9.99. The topological polar surface area (TPSA) is 16.8 Å². The Morgan fingerprint density at radius 1 is 0.538 bits per heavy atom. The fourth-order valence-corrected chi connectivity index (χ4v) is 5.11. The zero-order valence-electron chi connectivity index (χ0n) is 22.4. The molecular weight excluding hydrogens is 472 g/mol. The van der Waals surface area contributed by atoms with Gasteiger partial charge in [0.25, 0.3) is 0 Å². The molecule has 2 nitrogen and oxygen atoms in total. The first-order valence-corrected chi connectivity index (χ1v) is 13.4. The van der Waals surface area contributed by atoms with E-state index in [1.807, 2.05) is 12.3 Å². The van der Waals surface area contributed by atoms with Gasteiger partial charge in [-0.15, -0.1) is 0 Å². The van der Waals surface area contributed by atoms with Gasteiger partial charge in [-0.05, 0) is 65.9 Å². The molecule has 3 heterocycles. The molecule has 0 fully saturated rings. The van der Waals surface area contributed by atoms with Crippen molar-refractivity contribution in [2.24, 2.45) is 0 Å². The largest absolute Gasteiger partial charge is 0.256 e. The van der Waals surface area contributed by atoms with Crippen LogP contribution in [0.15, 0.2) is 140 Å². The Labute approximate surface area is 230 Å². The Morgan fingerprint density at radius 2 is 1.18 bits per heavy atom. The number of pyridine rings is 2. The summed E-state index contributed by atoms with van der Waals surface area (Å²) in [6.45, 7) is 5.18. The van der Waals surface area contributed by atoms with Gasteiger partial charge in [-0.3, -0.25) is 4.98 Å². The van der Waals surface area contributed by atoms with Crippen LogP contribution in [0.3, 0.4) is 0 Å². The van der Waals surface area contributed by atoms with Gasteiger partial charge in [0.1, 0.15) is 0 Å². The molecule has 7 rings (SSSR count). The van der Waals surface area contributed by atoms with Crippen LogP contribution in [0.1, 0.15) is 16.7 Å². The number of hydrogen-bond donors (Lipinski definition) is 0. The summed E-state index contributed by atoms with van der Waals surface area (Å²) in [5.74, 6) is 0. The number of rotatable bonds is 3. The molecule has 2 heteroatoms. The first-order chi connectivity index (χ1) is 19.1. The van der Waals surface area contributed by atoms with Crippen molar-refractivity contribution in [3.05, 3.63) is 156 Å². The van der Waals surface area contributed by atoms with Crippen molar-refractivity contribution in [2.45, 2.75) is 20.4 Å². The summed E-state index contributed by atoms with van der Waals surface area (Å²) < 4.78 is 2.34. The first kappa shape index (κ1) is 24.5. The SMILES string of the molecule is Cc1ccc(-c2cccc(-c3ccccc3)c2)nc1.Cc1ccc2[n+](c1)Cc1ccc(-c3ccccc3)cc1-2.